The zero-order valence-corrected chi connectivity index (χ0v) is 24.5. The summed E-state index contributed by atoms with van der Waals surface area (Å²) in [6, 6.07) is 0. The molecule has 0 atom stereocenters. The molecule has 0 unspecified atom stereocenters. The molecule has 0 saturated carbocycles. The molecule has 0 bridgehead atoms. The Labute approximate surface area is 239 Å². The molecule has 1 aromatic rings. The average Bonchev–Trinajstić information content (AvgIpc) is 2.94. The second-order valence-corrected chi connectivity index (χ2v) is 9.94. The van der Waals surface area contributed by atoms with E-state index in [4.69, 9.17) is 0 Å². The van der Waals surface area contributed by atoms with Gasteiger partial charge in [-0.15, -0.1) is 0 Å². The van der Waals surface area contributed by atoms with Gasteiger partial charge in [-0.25, -0.2) is 4.98 Å². The van der Waals surface area contributed by atoms with E-state index < -0.39 is 0 Å². The minimum Gasteiger partial charge on any atom is -0.355 e. The van der Waals surface area contributed by atoms with Crippen molar-refractivity contribution in [2.45, 2.75) is 65.2 Å². The number of aryl methyl sites for hydroxylation is 1. The molecule has 2 N–H and O–H groups in total. The fourth-order valence-corrected chi connectivity index (χ4v) is 3.84. The molecule has 7 heteroatoms. The molecule has 0 spiro atoms. The van der Waals surface area contributed by atoms with E-state index in [1.807, 2.05) is 6.92 Å². The van der Waals surface area contributed by atoms with Crippen molar-refractivity contribution in [3.8, 4) is 0 Å². The molecule has 0 aliphatic carbocycles. The van der Waals surface area contributed by atoms with Crippen LogP contribution < -0.4 is 10.6 Å². The van der Waals surface area contributed by atoms with E-state index in [1.165, 1.54) is 6.20 Å². The van der Waals surface area contributed by atoms with Crippen LogP contribution in [0.4, 0.5) is 0 Å². The quantitative estimate of drug-likeness (QED) is 0.129. The molecule has 0 aliphatic heterocycles. The fraction of sp³-hybridized carbons (Fsp3) is 0.438. The number of carbonyl (C=O) groups is 2. The molecule has 0 aromatic carbocycles. The van der Waals surface area contributed by atoms with Crippen molar-refractivity contribution >= 4 is 23.6 Å². The van der Waals surface area contributed by atoms with E-state index in [0.29, 0.717) is 25.2 Å². The Kier molecular flexibility index (Phi) is 21.8. The van der Waals surface area contributed by atoms with Crippen LogP contribution in [0.3, 0.4) is 0 Å². The van der Waals surface area contributed by atoms with Crippen molar-refractivity contribution < 1.29 is 9.59 Å². The van der Waals surface area contributed by atoms with Crippen LogP contribution in [0, 0.1) is 6.92 Å². The Morgan fingerprint density at radius 1 is 0.718 bits per heavy atom. The van der Waals surface area contributed by atoms with Crippen LogP contribution in [-0.4, -0.2) is 46.4 Å². The molecule has 0 aliphatic rings. The maximum Gasteiger partial charge on any atom is 0.271 e. The zero-order chi connectivity index (χ0) is 28.2. The molecule has 1 heterocycles. The lowest BCUT2D eigenvalue weighted by Gasteiger charge is -2.06. The lowest BCUT2D eigenvalue weighted by atomic mass is 10.2. The van der Waals surface area contributed by atoms with Gasteiger partial charge in [0, 0.05) is 37.2 Å². The van der Waals surface area contributed by atoms with Gasteiger partial charge >= 0.3 is 0 Å². The van der Waals surface area contributed by atoms with Crippen LogP contribution in [0.15, 0.2) is 85.3 Å². The number of thioether (sulfide) groups is 1. The SMILES string of the molecule is CCC=CCC=CCC=CCC=CCC=CCC=CCCC(=O)NCCSCCNC(=O)c1cnc(C)cn1. The third-order valence-corrected chi connectivity index (χ3v) is 6.23. The normalized spacial score (nSPS) is 12.3. The first-order chi connectivity index (χ1) is 19.1. The minimum absolute atomic E-state index is 0.0707. The van der Waals surface area contributed by atoms with Crippen molar-refractivity contribution in [1.29, 1.82) is 0 Å². The molecule has 2 amide bonds. The molecule has 6 nitrogen and oxygen atoms in total. The molecule has 0 saturated heterocycles. The summed E-state index contributed by atoms with van der Waals surface area (Å²) in [5, 5.41) is 5.76. The van der Waals surface area contributed by atoms with Crippen molar-refractivity contribution in [3.05, 3.63) is 96.7 Å². The third-order valence-electron chi connectivity index (χ3n) is 5.25. The summed E-state index contributed by atoms with van der Waals surface area (Å²) in [7, 11) is 0. The monoisotopic (exact) mass is 550 g/mol. The highest BCUT2D eigenvalue weighted by Gasteiger charge is 2.06. The van der Waals surface area contributed by atoms with Gasteiger partial charge in [-0.1, -0.05) is 79.8 Å². The van der Waals surface area contributed by atoms with Crippen molar-refractivity contribution in [1.82, 2.24) is 20.6 Å². The summed E-state index contributed by atoms with van der Waals surface area (Å²) in [6.45, 7) is 5.16. The maximum absolute atomic E-state index is 11.9. The van der Waals surface area contributed by atoms with Crippen LogP contribution >= 0.6 is 11.8 Å². The largest absolute Gasteiger partial charge is 0.355 e. The topological polar surface area (TPSA) is 84.0 Å². The maximum atomic E-state index is 11.9. The van der Waals surface area contributed by atoms with Gasteiger partial charge in [-0.2, -0.15) is 11.8 Å². The number of nitrogens with zero attached hydrogens (tertiary/aromatic N) is 2. The van der Waals surface area contributed by atoms with Crippen molar-refractivity contribution in [2.24, 2.45) is 0 Å². The van der Waals surface area contributed by atoms with E-state index in [-0.39, 0.29) is 11.8 Å². The van der Waals surface area contributed by atoms with E-state index in [1.54, 1.807) is 18.0 Å². The first-order valence-electron chi connectivity index (χ1n) is 13.9. The Balaban J connectivity index is 1.92. The van der Waals surface area contributed by atoms with E-state index in [2.05, 4.69) is 100 Å². The van der Waals surface area contributed by atoms with Gasteiger partial charge < -0.3 is 10.6 Å². The molecule has 1 rings (SSSR count). The highest BCUT2D eigenvalue weighted by atomic mass is 32.2. The number of hydrogen-bond acceptors (Lipinski definition) is 5. The highest BCUT2D eigenvalue weighted by molar-refractivity contribution is 7.99. The smallest absolute Gasteiger partial charge is 0.271 e. The van der Waals surface area contributed by atoms with Crippen LogP contribution in [0.1, 0.15) is 74.5 Å². The molecule has 212 valence electrons. The van der Waals surface area contributed by atoms with E-state index >= 15 is 0 Å². The number of amides is 2. The Morgan fingerprint density at radius 3 is 1.74 bits per heavy atom. The predicted octanol–water partition coefficient (Wildman–Crippen LogP) is 6.84. The van der Waals surface area contributed by atoms with Crippen molar-refractivity contribution in [3.63, 3.8) is 0 Å². The van der Waals surface area contributed by atoms with Crippen LogP contribution in [0.2, 0.25) is 0 Å². The summed E-state index contributed by atoms with van der Waals surface area (Å²) in [5.41, 5.74) is 1.10. The molecule has 39 heavy (non-hydrogen) atoms. The summed E-state index contributed by atoms with van der Waals surface area (Å²) >= 11 is 1.69. The molecule has 1 aromatic heterocycles. The van der Waals surface area contributed by atoms with Gasteiger partial charge in [0.25, 0.3) is 5.91 Å². The van der Waals surface area contributed by atoms with Gasteiger partial charge in [0.05, 0.1) is 11.9 Å². The van der Waals surface area contributed by atoms with E-state index in [9.17, 15) is 9.59 Å². The van der Waals surface area contributed by atoms with Crippen LogP contribution in [0.25, 0.3) is 0 Å². The predicted molar refractivity (Wildman–Crippen MR) is 167 cm³/mol. The summed E-state index contributed by atoms with van der Waals surface area (Å²) in [4.78, 5) is 32.0. The second kappa shape index (κ2) is 25.1. The first kappa shape index (κ1) is 33.8. The van der Waals surface area contributed by atoms with Gasteiger partial charge in [0.15, 0.2) is 0 Å². The summed E-state index contributed by atoms with van der Waals surface area (Å²) in [5.74, 6) is 1.44. The highest BCUT2D eigenvalue weighted by Crippen LogP contribution is 2.00. The fourth-order valence-electron chi connectivity index (χ4n) is 3.14. The molecular formula is C32H46N4O2S. The summed E-state index contributed by atoms with van der Waals surface area (Å²) < 4.78 is 0. The van der Waals surface area contributed by atoms with Gasteiger partial charge in [-0.05, 0) is 51.9 Å². The van der Waals surface area contributed by atoms with Gasteiger partial charge in [-0.3, -0.25) is 14.6 Å². The zero-order valence-electron chi connectivity index (χ0n) is 23.7. The number of rotatable bonds is 21. The number of carbonyl (C=O) groups excluding carboxylic acids is 2. The van der Waals surface area contributed by atoms with Gasteiger partial charge in [0.2, 0.25) is 5.91 Å². The Morgan fingerprint density at radius 2 is 1.23 bits per heavy atom. The van der Waals surface area contributed by atoms with Crippen LogP contribution in [0.5, 0.6) is 0 Å². The molecule has 0 fully saturated rings. The van der Waals surface area contributed by atoms with Crippen LogP contribution in [-0.2, 0) is 4.79 Å². The number of hydrogen-bond donors (Lipinski definition) is 2. The molecule has 0 radical (unpaired) electrons. The Bertz CT molecular complexity index is 963. The summed E-state index contributed by atoms with van der Waals surface area (Å²) in [6.07, 6.45) is 36.3. The lowest BCUT2D eigenvalue weighted by molar-refractivity contribution is -0.120. The average molecular weight is 551 g/mol. The Hall–Kier alpha value is -3.19. The third kappa shape index (κ3) is 21.4. The number of nitrogens with one attached hydrogen (secondary N) is 2. The van der Waals surface area contributed by atoms with Crippen molar-refractivity contribution in [2.75, 3.05) is 24.6 Å². The van der Waals surface area contributed by atoms with Gasteiger partial charge in [0.1, 0.15) is 5.69 Å². The molecular weight excluding hydrogens is 504 g/mol. The number of aromatic nitrogens is 2. The number of allylic oxidation sites excluding steroid dienone is 12. The first-order valence-corrected chi connectivity index (χ1v) is 15.1. The lowest BCUT2D eigenvalue weighted by Crippen LogP contribution is -2.28. The standard InChI is InChI=1S/C32H46N4O2S/c1-3-4-5-6-7-8-9-10-11-12-13-14-15-16-17-18-19-20-21-22-31(37)33-23-25-39-26-24-34-32(38)30-28-35-29(2)27-36-30/h4-5,7-8,10-11,13-14,16-17,19-20,27-28H,3,6,9,12,15,18,21-26H2,1-2H3,(H,33,37)(H,34,38). The second-order valence-electron chi connectivity index (χ2n) is 8.72. The van der Waals surface area contributed by atoms with E-state index in [0.717, 1.165) is 62.1 Å². The minimum atomic E-state index is -0.217.